The molecular formula is C37H44F3N5O4. The molecule has 0 radical (unpaired) electrons. The van der Waals surface area contributed by atoms with E-state index < -0.39 is 12.1 Å². The van der Waals surface area contributed by atoms with Crippen LogP contribution < -0.4 is 14.8 Å². The SMILES string of the molecule is CCOCCn1c(NC2CCN(CCC3(c4ccccc4)CCN(C(=O)c4cc(OC(F)(F)F)ccc4OC)C3)CC2)nc2ccccc21. The van der Waals surface area contributed by atoms with Crippen LogP contribution in [0.15, 0.2) is 72.8 Å². The molecule has 1 amide bonds. The molecule has 9 nitrogen and oxygen atoms in total. The van der Waals surface area contributed by atoms with E-state index in [-0.39, 0.29) is 22.6 Å². The van der Waals surface area contributed by atoms with Crippen LogP contribution in [0.5, 0.6) is 11.5 Å². The summed E-state index contributed by atoms with van der Waals surface area (Å²) in [5, 5.41) is 3.72. The monoisotopic (exact) mass is 679 g/mol. The maximum absolute atomic E-state index is 13.8. The Morgan fingerprint density at radius 3 is 2.49 bits per heavy atom. The highest BCUT2D eigenvalue weighted by atomic mass is 19.4. The molecule has 4 aromatic rings. The molecule has 1 N–H and O–H groups in total. The van der Waals surface area contributed by atoms with Gasteiger partial charge in [-0.2, -0.15) is 0 Å². The minimum Gasteiger partial charge on any atom is -0.496 e. The van der Waals surface area contributed by atoms with Gasteiger partial charge in [0.25, 0.3) is 5.91 Å². The normalized spacial score (nSPS) is 19.0. The Labute approximate surface area is 284 Å². The van der Waals surface area contributed by atoms with Gasteiger partial charge in [-0.25, -0.2) is 4.98 Å². The third-order valence-corrected chi connectivity index (χ3v) is 9.81. The molecule has 262 valence electrons. The Morgan fingerprint density at radius 2 is 1.76 bits per heavy atom. The Kier molecular flexibility index (Phi) is 10.6. The number of methoxy groups -OCH3 is 1. The molecule has 1 atom stereocenters. The lowest BCUT2D eigenvalue weighted by molar-refractivity contribution is -0.274. The first-order valence-corrected chi connectivity index (χ1v) is 17.0. The second kappa shape index (κ2) is 15.1. The van der Waals surface area contributed by atoms with Crippen LogP contribution in [0, 0.1) is 0 Å². The van der Waals surface area contributed by atoms with Crippen molar-refractivity contribution in [3.63, 3.8) is 0 Å². The number of alkyl halides is 3. The maximum atomic E-state index is 13.8. The van der Waals surface area contributed by atoms with E-state index in [1.165, 1.54) is 13.2 Å². The van der Waals surface area contributed by atoms with E-state index in [1.54, 1.807) is 4.90 Å². The first-order valence-electron chi connectivity index (χ1n) is 17.0. The van der Waals surface area contributed by atoms with Crippen molar-refractivity contribution in [1.29, 1.82) is 0 Å². The van der Waals surface area contributed by atoms with Crippen LogP contribution in [0.25, 0.3) is 11.0 Å². The molecule has 49 heavy (non-hydrogen) atoms. The fourth-order valence-corrected chi connectivity index (χ4v) is 7.21. The number of amides is 1. The quantitative estimate of drug-likeness (QED) is 0.157. The van der Waals surface area contributed by atoms with Crippen LogP contribution in [0.1, 0.15) is 48.5 Å². The molecule has 3 aromatic carbocycles. The minimum atomic E-state index is -4.86. The second-order valence-electron chi connectivity index (χ2n) is 12.8. The van der Waals surface area contributed by atoms with Gasteiger partial charge >= 0.3 is 6.36 Å². The third kappa shape index (κ3) is 8.13. The molecule has 0 saturated carbocycles. The summed E-state index contributed by atoms with van der Waals surface area (Å²) in [6, 6.07) is 22.3. The standard InChI is InChI=1S/C37H44F3N5O4/c1-3-48-24-23-45-32-12-8-7-11-31(32)42-35(45)41-28-15-19-43(20-16-28)21-17-36(27-9-5-4-6-10-27)18-22-44(26-36)34(46)30-25-29(49-37(38,39)40)13-14-33(30)47-2/h4-14,25,28H,3,15-24,26H2,1-2H3,(H,41,42). The van der Waals surface area contributed by atoms with Gasteiger partial charge in [-0.05, 0) is 75.0 Å². The summed E-state index contributed by atoms with van der Waals surface area (Å²) < 4.78 is 56.2. The van der Waals surface area contributed by atoms with Crippen molar-refractivity contribution in [1.82, 2.24) is 19.4 Å². The van der Waals surface area contributed by atoms with Gasteiger partial charge in [0.05, 0.1) is 30.3 Å². The minimum absolute atomic E-state index is 0.0501. The summed E-state index contributed by atoms with van der Waals surface area (Å²) in [6.07, 6.45) is -1.31. The molecule has 1 unspecified atom stereocenters. The van der Waals surface area contributed by atoms with Gasteiger partial charge in [0.2, 0.25) is 5.95 Å². The van der Waals surface area contributed by atoms with Gasteiger partial charge in [0.15, 0.2) is 0 Å². The lowest BCUT2D eigenvalue weighted by Gasteiger charge is -2.36. The van der Waals surface area contributed by atoms with E-state index in [2.05, 4.69) is 37.7 Å². The van der Waals surface area contributed by atoms with Crippen molar-refractivity contribution in [2.75, 3.05) is 58.4 Å². The number of likely N-dealkylation sites (tertiary alicyclic amines) is 2. The van der Waals surface area contributed by atoms with Crippen LogP contribution >= 0.6 is 0 Å². The molecule has 6 rings (SSSR count). The smallest absolute Gasteiger partial charge is 0.496 e. The molecule has 0 aliphatic carbocycles. The van der Waals surface area contributed by atoms with Crippen molar-refractivity contribution in [2.24, 2.45) is 0 Å². The van der Waals surface area contributed by atoms with Crippen molar-refractivity contribution >= 4 is 22.9 Å². The summed E-state index contributed by atoms with van der Waals surface area (Å²) in [4.78, 5) is 22.9. The van der Waals surface area contributed by atoms with Crippen molar-refractivity contribution in [2.45, 2.75) is 57.0 Å². The molecule has 2 aliphatic heterocycles. The van der Waals surface area contributed by atoms with Crippen molar-refractivity contribution < 1.29 is 32.2 Å². The number of hydrogen-bond donors (Lipinski definition) is 1. The lowest BCUT2D eigenvalue weighted by Crippen LogP contribution is -2.42. The average Bonchev–Trinajstić information content (AvgIpc) is 3.70. The molecule has 1 aromatic heterocycles. The number of nitrogens with one attached hydrogen (secondary N) is 1. The van der Waals surface area contributed by atoms with E-state index >= 15 is 0 Å². The predicted octanol–water partition coefficient (Wildman–Crippen LogP) is 6.73. The number of ether oxygens (including phenoxy) is 3. The Balaban J connectivity index is 1.11. The average molecular weight is 680 g/mol. The Bertz CT molecular complexity index is 1710. The summed E-state index contributed by atoms with van der Waals surface area (Å²) in [5.41, 5.74) is 2.99. The fourth-order valence-electron chi connectivity index (χ4n) is 7.21. The zero-order chi connectivity index (χ0) is 34.4. The van der Waals surface area contributed by atoms with E-state index in [1.807, 2.05) is 43.3 Å². The van der Waals surface area contributed by atoms with Gasteiger partial charge in [-0.15, -0.1) is 13.2 Å². The number of nitrogens with zero attached hydrogens (tertiary/aromatic N) is 4. The fraction of sp³-hybridized carbons (Fsp3) is 0.459. The second-order valence-corrected chi connectivity index (χ2v) is 12.8. The lowest BCUT2D eigenvalue weighted by atomic mass is 9.76. The Morgan fingerprint density at radius 1 is 1.00 bits per heavy atom. The molecule has 0 bridgehead atoms. The summed E-state index contributed by atoms with van der Waals surface area (Å²) >= 11 is 0. The highest BCUT2D eigenvalue weighted by molar-refractivity contribution is 5.97. The molecule has 2 saturated heterocycles. The van der Waals surface area contributed by atoms with Crippen LogP contribution in [-0.4, -0.2) is 90.7 Å². The predicted molar refractivity (Wildman–Crippen MR) is 182 cm³/mol. The third-order valence-electron chi connectivity index (χ3n) is 9.81. The van der Waals surface area contributed by atoms with Gasteiger partial charge in [-0.1, -0.05) is 42.5 Å². The highest BCUT2D eigenvalue weighted by Crippen LogP contribution is 2.40. The number of benzene rings is 3. The first-order chi connectivity index (χ1) is 23.7. The number of aromatic nitrogens is 2. The number of hydrogen-bond acceptors (Lipinski definition) is 7. The number of para-hydroxylation sites is 2. The molecule has 0 spiro atoms. The van der Waals surface area contributed by atoms with Crippen LogP contribution in [0.2, 0.25) is 0 Å². The van der Waals surface area contributed by atoms with E-state index in [9.17, 15) is 18.0 Å². The van der Waals surface area contributed by atoms with Crippen LogP contribution in [0.3, 0.4) is 0 Å². The number of rotatable bonds is 13. The van der Waals surface area contributed by atoms with Gasteiger partial charge in [-0.3, -0.25) is 4.79 Å². The summed E-state index contributed by atoms with van der Waals surface area (Å²) in [7, 11) is 1.39. The molecule has 2 aliphatic rings. The molecule has 12 heteroatoms. The summed E-state index contributed by atoms with van der Waals surface area (Å²) in [6.45, 7) is 7.73. The topological polar surface area (TPSA) is 81.1 Å². The first kappa shape index (κ1) is 34.6. The molecule has 2 fully saturated rings. The van der Waals surface area contributed by atoms with Crippen LogP contribution in [0.4, 0.5) is 19.1 Å². The molecule has 3 heterocycles. The number of halogens is 3. The summed E-state index contributed by atoms with van der Waals surface area (Å²) in [5.74, 6) is 0.260. The number of carbonyl (C=O) groups excluding carboxylic acids is 1. The number of anilines is 1. The number of imidazole rings is 1. The van der Waals surface area contributed by atoms with E-state index in [4.69, 9.17) is 14.5 Å². The number of fused-ring (bicyclic) bond motifs is 1. The van der Waals surface area contributed by atoms with E-state index in [0.29, 0.717) is 32.3 Å². The van der Waals surface area contributed by atoms with E-state index in [0.717, 1.165) is 86.5 Å². The number of piperidine rings is 1. The number of carbonyl (C=O) groups is 1. The van der Waals surface area contributed by atoms with Gasteiger partial charge < -0.3 is 33.9 Å². The van der Waals surface area contributed by atoms with Gasteiger partial charge in [0, 0.05) is 50.8 Å². The van der Waals surface area contributed by atoms with Crippen LogP contribution in [-0.2, 0) is 16.7 Å². The Hall–Kier alpha value is -4.29. The molecular weight excluding hydrogens is 635 g/mol. The van der Waals surface area contributed by atoms with Crippen molar-refractivity contribution in [3.05, 3.63) is 83.9 Å². The zero-order valence-electron chi connectivity index (χ0n) is 28.0. The highest BCUT2D eigenvalue weighted by Gasteiger charge is 2.42. The maximum Gasteiger partial charge on any atom is 0.573 e. The van der Waals surface area contributed by atoms with Gasteiger partial charge in [0.1, 0.15) is 11.5 Å². The zero-order valence-corrected chi connectivity index (χ0v) is 28.0. The largest absolute Gasteiger partial charge is 0.573 e. The van der Waals surface area contributed by atoms with Crippen molar-refractivity contribution in [3.8, 4) is 11.5 Å².